The molecule has 0 spiro atoms. The molecule has 1 atom stereocenters. The third-order valence-corrected chi connectivity index (χ3v) is 3.97. The zero-order valence-electron chi connectivity index (χ0n) is 12.7. The normalized spacial score (nSPS) is 12.3. The van der Waals surface area contributed by atoms with Gasteiger partial charge in [0.1, 0.15) is 0 Å². The zero-order chi connectivity index (χ0) is 14.9. The lowest BCUT2D eigenvalue weighted by atomic mass is 9.99. The molecule has 0 bridgehead atoms. The maximum atomic E-state index is 5.98. The summed E-state index contributed by atoms with van der Waals surface area (Å²) >= 11 is 5.98. The summed E-state index contributed by atoms with van der Waals surface area (Å²) < 4.78 is 0. The van der Waals surface area contributed by atoms with Gasteiger partial charge < -0.3 is 5.32 Å². The third-order valence-electron chi connectivity index (χ3n) is 3.71. The molecule has 1 nitrogen and oxygen atoms in total. The van der Waals surface area contributed by atoms with Crippen LogP contribution in [-0.2, 0) is 6.42 Å². The van der Waals surface area contributed by atoms with E-state index in [-0.39, 0.29) is 0 Å². The maximum absolute atomic E-state index is 5.98. The average Bonchev–Trinajstić information content (AvgIpc) is 2.53. The van der Waals surface area contributed by atoms with Gasteiger partial charge >= 0.3 is 0 Å². The Morgan fingerprint density at radius 1 is 1.00 bits per heavy atom. The van der Waals surface area contributed by atoms with Gasteiger partial charge in [-0.05, 0) is 55.5 Å². The van der Waals surface area contributed by atoms with Crippen molar-refractivity contribution in [1.29, 1.82) is 0 Å². The van der Waals surface area contributed by atoms with Gasteiger partial charge in [0.25, 0.3) is 0 Å². The highest BCUT2D eigenvalue weighted by Gasteiger charge is 2.10. The van der Waals surface area contributed by atoms with Gasteiger partial charge in [0.2, 0.25) is 0 Å². The Morgan fingerprint density at radius 2 is 1.71 bits per heavy atom. The quantitative estimate of drug-likeness (QED) is 0.688. The molecule has 0 aromatic heterocycles. The molecule has 112 valence electrons. The van der Waals surface area contributed by atoms with Gasteiger partial charge in [-0.25, -0.2) is 0 Å². The van der Waals surface area contributed by atoms with Crippen molar-refractivity contribution in [2.24, 2.45) is 0 Å². The van der Waals surface area contributed by atoms with E-state index in [9.17, 15) is 0 Å². The molecule has 0 heterocycles. The zero-order valence-corrected chi connectivity index (χ0v) is 13.4. The molecule has 2 rings (SSSR count). The Bertz CT molecular complexity index is 507. The SMILES string of the molecule is CCCNC(CCCc1ccccc1)c1ccc(Cl)cc1. The summed E-state index contributed by atoms with van der Waals surface area (Å²) in [6, 6.07) is 19.4. The van der Waals surface area contributed by atoms with Crippen LogP contribution in [0.3, 0.4) is 0 Å². The van der Waals surface area contributed by atoms with E-state index in [2.05, 4.69) is 54.7 Å². The van der Waals surface area contributed by atoms with Crippen LogP contribution >= 0.6 is 11.6 Å². The second-order valence-corrected chi connectivity index (χ2v) is 5.87. The standard InChI is InChI=1S/C19H24ClN/c1-2-15-21-19(17-11-13-18(20)14-12-17)10-6-9-16-7-4-3-5-8-16/h3-5,7-8,11-14,19,21H,2,6,9-10,15H2,1H3. The smallest absolute Gasteiger partial charge is 0.0406 e. The lowest BCUT2D eigenvalue weighted by Gasteiger charge is -2.19. The second-order valence-electron chi connectivity index (χ2n) is 5.44. The highest BCUT2D eigenvalue weighted by molar-refractivity contribution is 6.30. The summed E-state index contributed by atoms with van der Waals surface area (Å²) in [5.74, 6) is 0. The lowest BCUT2D eigenvalue weighted by molar-refractivity contribution is 0.484. The molecular formula is C19H24ClN. The van der Waals surface area contributed by atoms with Gasteiger partial charge in [-0.3, -0.25) is 0 Å². The van der Waals surface area contributed by atoms with Crippen molar-refractivity contribution in [3.05, 3.63) is 70.7 Å². The molecule has 2 heteroatoms. The van der Waals surface area contributed by atoms with E-state index >= 15 is 0 Å². The Labute approximate surface area is 133 Å². The fourth-order valence-electron chi connectivity index (χ4n) is 2.56. The Hall–Kier alpha value is -1.31. The van der Waals surface area contributed by atoms with Gasteiger partial charge in [0.05, 0.1) is 0 Å². The lowest BCUT2D eigenvalue weighted by Crippen LogP contribution is -2.22. The van der Waals surface area contributed by atoms with E-state index < -0.39 is 0 Å². The van der Waals surface area contributed by atoms with E-state index in [4.69, 9.17) is 11.6 Å². The van der Waals surface area contributed by atoms with Gasteiger partial charge in [-0.1, -0.05) is 61.0 Å². The van der Waals surface area contributed by atoms with Crippen LogP contribution in [0.4, 0.5) is 0 Å². The fourth-order valence-corrected chi connectivity index (χ4v) is 2.68. The first-order valence-corrected chi connectivity index (χ1v) is 8.20. The second kappa shape index (κ2) is 8.86. The van der Waals surface area contributed by atoms with E-state index in [1.165, 1.54) is 17.5 Å². The minimum atomic E-state index is 0.422. The molecule has 21 heavy (non-hydrogen) atoms. The monoisotopic (exact) mass is 301 g/mol. The number of benzene rings is 2. The van der Waals surface area contributed by atoms with Crippen molar-refractivity contribution in [3.8, 4) is 0 Å². The minimum absolute atomic E-state index is 0.422. The number of nitrogens with one attached hydrogen (secondary N) is 1. The summed E-state index contributed by atoms with van der Waals surface area (Å²) in [6.07, 6.45) is 4.63. The summed E-state index contributed by atoms with van der Waals surface area (Å²) in [7, 11) is 0. The molecule has 2 aromatic carbocycles. The molecule has 0 fully saturated rings. The molecule has 0 saturated carbocycles. The van der Waals surface area contributed by atoms with Gasteiger partial charge in [0.15, 0.2) is 0 Å². The van der Waals surface area contributed by atoms with Crippen LogP contribution in [0.15, 0.2) is 54.6 Å². The van der Waals surface area contributed by atoms with Crippen LogP contribution in [-0.4, -0.2) is 6.54 Å². The molecule has 0 radical (unpaired) electrons. The molecular weight excluding hydrogens is 278 g/mol. The largest absolute Gasteiger partial charge is 0.310 e. The van der Waals surface area contributed by atoms with Gasteiger partial charge in [-0.2, -0.15) is 0 Å². The third kappa shape index (κ3) is 5.53. The molecule has 0 aliphatic rings. The van der Waals surface area contributed by atoms with Crippen molar-refractivity contribution >= 4 is 11.6 Å². The molecule has 1 N–H and O–H groups in total. The number of halogens is 1. The average molecular weight is 302 g/mol. The molecule has 0 aliphatic carbocycles. The summed E-state index contributed by atoms with van der Waals surface area (Å²) in [4.78, 5) is 0. The van der Waals surface area contributed by atoms with E-state index in [0.717, 1.165) is 30.8 Å². The maximum Gasteiger partial charge on any atom is 0.0406 e. The van der Waals surface area contributed by atoms with Gasteiger partial charge in [0, 0.05) is 11.1 Å². The Morgan fingerprint density at radius 3 is 2.38 bits per heavy atom. The van der Waals surface area contributed by atoms with Crippen LogP contribution < -0.4 is 5.32 Å². The van der Waals surface area contributed by atoms with E-state index in [0.29, 0.717) is 6.04 Å². The van der Waals surface area contributed by atoms with E-state index in [1.807, 2.05) is 12.1 Å². The molecule has 1 unspecified atom stereocenters. The number of rotatable bonds is 8. The van der Waals surface area contributed by atoms with Crippen LogP contribution in [0.5, 0.6) is 0 Å². The summed E-state index contributed by atoms with van der Waals surface area (Å²) in [5.41, 5.74) is 2.75. The minimum Gasteiger partial charge on any atom is -0.310 e. The molecule has 0 aliphatic heterocycles. The van der Waals surface area contributed by atoms with E-state index in [1.54, 1.807) is 0 Å². The van der Waals surface area contributed by atoms with Crippen molar-refractivity contribution in [1.82, 2.24) is 5.32 Å². The number of hydrogen-bond acceptors (Lipinski definition) is 1. The van der Waals surface area contributed by atoms with Gasteiger partial charge in [-0.15, -0.1) is 0 Å². The fraction of sp³-hybridized carbons (Fsp3) is 0.368. The molecule has 2 aromatic rings. The van der Waals surface area contributed by atoms with Crippen LogP contribution in [0, 0.1) is 0 Å². The molecule has 0 amide bonds. The predicted octanol–water partition coefficient (Wildman–Crippen LogP) is 5.40. The number of hydrogen-bond donors (Lipinski definition) is 1. The summed E-state index contributed by atoms with van der Waals surface area (Å²) in [5, 5.41) is 4.45. The first kappa shape index (κ1) is 16.1. The van der Waals surface area contributed by atoms with Crippen molar-refractivity contribution in [2.45, 2.75) is 38.6 Å². The Kier molecular flexibility index (Phi) is 6.78. The summed E-state index contributed by atoms with van der Waals surface area (Å²) in [6.45, 7) is 3.26. The number of aryl methyl sites for hydroxylation is 1. The highest BCUT2D eigenvalue weighted by atomic mass is 35.5. The molecule has 0 saturated heterocycles. The topological polar surface area (TPSA) is 12.0 Å². The van der Waals surface area contributed by atoms with Crippen molar-refractivity contribution in [3.63, 3.8) is 0 Å². The predicted molar refractivity (Wildman–Crippen MR) is 91.9 cm³/mol. The Balaban J connectivity index is 1.91. The first-order valence-electron chi connectivity index (χ1n) is 7.82. The van der Waals surface area contributed by atoms with Crippen LogP contribution in [0.1, 0.15) is 43.4 Å². The van der Waals surface area contributed by atoms with Crippen molar-refractivity contribution < 1.29 is 0 Å². The first-order chi connectivity index (χ1) is 10.3. The van der Waals surface area contributed by atoms with Crippen LogP contribution in [0.2, 0.25) is 5.02 Å². The van der Waals surface area contributed by atoms with Crippen LogP contribution in [0.25, 0.3) is 0 Å². The highest BCUT2D eigenvalue weighted by Crippen LogP contribution is 2.21. The van der Waals surface area contributed by atoms with Crippen molar-refractivity contribution in [2.75, 3.05) is 6.54 Å².